The molecule has 0 N–H and O–H groups in total. The van der Waals surface area contributed by atoms with E-state index in [0.29, 0.717) is 17.7 Å². The smallest absolute Gasteiger partial charge is 0.164 e. The van der Waals surface area contributed by atoms with Crippen LogP contribution in [0, 0.1) is 0 Å². The molecule has 2 heterocycles. The van der Waals surface area contributed by atoms with Crippen molar-refractivity contribution in [2.24, 2.45) is 0 Å². The Hall–Kier alpha value is -1.16. The van der Waals surface area contributed by atoms with Gasteiger partial charge in [-0.15, -0.1) is 0 Å². The molecule has 1 saturated heterocycles. The third kappa shape index (κ3) is 2.45. The lowest BCUT2D eigenvalue weighted by Crippen LogP contribution is -2.21. The average Bonchev–Trinajstić information content (AvgIpc) is 2.67. The zero-order chi connectivity index (χ0) is 10.7. The van der Waals surface area contributed by atoms with Crippen molar-refractivity contribution < 1.29 is 14.1 Å². The number of ether oxygens (including phenoxy) is 1. The minimum Gasteiger partial charge on any atom is -0.378 e. The van der Waals surface area contributed by atoms with Crippen molar-refractivity contribution in [1.29, 1.82) is 0 Å². The van der Waals surface area contributed by atoms with Gasteiger partial charge >= 0.3 is 0 Å². The van der Waals surface area contributed by atoms with E-state index in [-0.39, 0.29) is 11.9 Å². The van der Waals surface area contributed by atoms with E-state index in [1.54, 1.807) is 0 Å². The fraction of sp³-hybridized carbons (Fsp3) is 0.636. The summed E-state index contributed by atoms with van der Waals surface area (Å²) >= 11 is 0. The highest BCUT2D eigenvalue weighted by molar-refractivity contribution is 5.94. The van der Waals surface area contributed by atoms with E-state index in [2.05, 4.69) is 5.16 Å². The molecule has 4 heteroatoms. The lowest BCUT2D eigenvalue weighted by atomic mass is 10.0. The maximum absolute atomic E-state index is 11.2. The molecule has 1 aliphatic heterocycles. The van der Waals surface area contributed by atoms with Gasteiger partial charge in [-0.2, -0.15) is 0 Å². The van der Waals surface area contributed by atoms with Gasteiger partial charge in [-0.3, -0.25) is 4.79 Å². The molecule has 0 bridgehead atoms. The third-order valence-electron chi connectivity index (χ3n) is 2.71. The topological polar surface area (TPSA) is 52.3 Å². The number of carbonyl (C=O) groups excluding carboxylic acids is 1. The summed E-state index contributed by atoms with van der Waals surface area (Å²) < 4.78 is 10.7. The first kappa shape index (κ1) is 10.4. The van der Waals surface area contributed by atoms with Gasteiger partial charge in [0.1, 0.15) is 5.76 Å². The number of aromatic nitrogens is 1. The Kier molecular flexibility index (Phi) is 3.16. The summed E-state index contributed by atoms with van der Waals surface area (Å²) in [4.78, 5) is 11.2. The Morgan fingerprint density at radius 2 is 2.47 bits per heavy atom. The summed E-state index contributed by atoms with van der Waals surface area (Å²) in [6.07, 6.45) is 5.69. The number of nitrogens with zero attached hydrogens (tertiary/aromatic N) is 1. The summed E-state index contributed by atoms with van der Waals surface area (Å²) in [6, 6.07) is 0. The van der Waals surface area contributed by atoms with Crippen LogP contribution in [0.3, 0.4) is 0 Å². The molecule has 2 rings (SSSR count). The molecule has 1 unspecified atom stereocenters. The molecule has 1 aromatic rings. The Morgan fingerprint density at radius 1 is 1.60 bits per heavy atom. The molecule has 0 amide bonds. The minimum absolute atomic E-state index is 0.00191. The van der Waals surface area contributed by atoms with Crippen molar-refractivity contribution in [2.45, 2.75) is 38.7 Å². The summed E-state index contributed by atoms with van der Waals surface area (Å²) in [5.74, 6) is 0.663. The molecule has 0 aromatic carbocycles. The van der Waals surface area contributed by atoms with Crippen LogP contribution in [0.5, 0.6) is 0 Å². The predicted octanol–water partition coefficient (Wildman–Crippen LogP) is 1.99. The summed E-state index contributed by atoms with van der Waals surface area (Å²) in [7, 11) is 0. The maximum Gasteiger partial charge on any atom is 0.164 e. The van der Waals surface area contributed by atoms with Crippen LogP contribution < -0.4 is 0 Å². The Bertz CT molecular complexity index is 339. The molecular weight excluding hydrogens is 194 g/mol. The highest BCUT2D eigenvalue weighted by Crippen LogP contribution is 2.19. The number of rotatable bonds is 3. The molecule has 15 heavy (non-hydrogen) atoms. The standard InChI is InChI=1S/C11H15NO3/c1-8(13)10-7-12-15-11(10)6-9-4-2-3-5-14-9/h7,9H,2-6H2,1H3. The summed E-state index contributed by atoms with van der Waals surface area (Å²) in [6.45, 7) is 2.34. The fourth-order valence-corrected chi connectivity index (χ4v) is 1.87. The van der Waals surface area contributed by atoms with Crippen LogP contribution >= 0.6 is 0 Å². The second-order valence-corrected chi connectivity index (χ2v) is 3.91. The van der Waals surface area contributed by atoms with Gasteiger partial charge in [-0.25, -0.2) is 0 Å². The lowest BCUT2D eigenvalue weighted by molar-refractivity contribution is 0.0130. The van der Waals surface area contributed by atoms with Crippen LogP contribution in [0.4, 0.5) is 0 Å². The van der Waals surface area contributed by atoms with Crippen molar-refractivity contribution in [3.05, 3.63) is 17.5 Å². The number of carbonyl (C=O) groups is 1. The van der Waals surface area contributed by atoms with Gasteiger partial charge in [0.2, 0.25) is 0 Å². The molecule has 0 aliphatic carbocycles. The predicted molar refractivity (Wildman–Crippen MR) is 53.8 cm³/mol. The summed E-state index contributed by atoms with van der Waals surface area (Å²) in [5.41, 5.74) is 0.587. The third-order valence-corrected chi connectivity index (χ3v) is 2.71. The van der Waals surface area contributed by atoms with Gasteiger partial charge in [-0.05, 0) is 26.2 Å². The first-order valence-corrected chi connectivity index (χ1v) is 5.33. The number of Topliss-reactive ketones (excluding diaryl/α,β-unsaturated/α-hetero) is 1. The molecule has 0 radical (unpaired) electrons. The monoisotopic (exact) mass is 209 g/mol. The van der Waals surface area contributed by atoms with Gasteiger partial charge in [0.25, 0.3) is 0 Å². The molecular formula is C11H15NO3. The van der Waals surface area contributed by atoms with E-state index in [9.17, 15) is 4.79 Å². The molecule has 1 aliphatic rings. The molecule has 1 fully saturated rings. The van der Waals surface area contributed by atoms with Crippen molar-refractivity contribution >= 4 is 5.78 Å². The molecule has 0 saturated carbocycles. The van der Waals surface area contributed by atoms with E-state index < -0.39 is 0 Å². The van der Waals surface area contributed by atoms with Gasteiger partial charge < -0.3 is 9.26 Å². The quantitative estimate of drug-likeness (QED) is 0.714. The van der Waals surface area contributed by atoms with Crippen molar-refractivity contribution in [2.75, 3.05) is 6.61 Å². The normalized spacial score (nSPS) is 21.5. The SMILES string of the molecule is CC(=O)c1cnoc1CC1CCCCO1. The van der Waals surface area contributed by atoms with Gasteiger partial charge in [0.15, 0.2) is 5.78 Å². The van der Waals surface area contributed by atoms with E-state index >= 15 is 0 Å². The van der Waals surface area contributed by atoms with Crippen molar-refractivity contribution in [1.82, 2.24) is 5.16 Å². The van der Waals surface area contributed by atoms with Crippen LogP contribution in [0.15, 0.2) is 10.7 Å². The number of hydrogen-bond acceptors (Lipinski definition) is 4. The first-order valence-electron chi connectivity index (χ1n) is 5.33. The van der Waals surface area contributed by atoms with Crippen molar-refractivity contribution in [3.63, 3.8) is 0 Å². The second kappa shape index (κ2) is 4.57. The van der Waals surface area contributed by atoms with Gasteiger partial charge in [0, 0.05) is 13.0 Å². The second-order valence-electron chi connectivity index (χ2n) is 3.91. The zero-order valence-corrected chi connectivity index (χ0v) is 8.86. The number of hydrogen-bond donors (Lipinski definition) is 0. The lowest BCUT2D eigenvalue weighted by Gasteiger charge is -2.21. The number of ketones is 1. The van der Waals surface area contributed by atoms with Gasteiger partial charge in [0.05, 0.1) is 17.9 Å². The largest absolute Gasteiger partial charge is 0.378 e. The molecule has 1 atom stereocenters. The summed E-state index contributed by atoms with van der Waals surface area (Å²) in [5, 5.41) is 3.66. The average molecular weight is 209 g/mol. The highest BCUT2D eigenvalue weighted by atomic mass is 16.5. The van der Waals surface area contributed by atoms with Crippen molar-refractivity contribution in [3.8, 4) is 0 Å². The molecule has 1 aromatic heterocycles. The molecule has 4 nitrogen and oxygen atoms in total. The Morgan fingerprint density at radius 3 is 3.13 bits per heavy atom. The van der Waals surface area contributed by atoms with Crippen LogP contribution in [-0.4, -0.2) is 23.7 Å². The van der Waals surface area contributed by atoms with E-state index in [0.717, 1.165) is 19.4 Å². The van der Waals surface area contributed by atoms with E-state index in [4.69, 9.17) is 9.26 Å². The fourth-order valence-electron chi connectivity index (χ4n) is 1.87. The van der Waals surface area contributed by atoms with Crippen LogP contribution in [0.2, 0.25) is 0 Å². The van der Waals surface area contributed by atoms with Gasteiger partial charge in [-0.1, -0.05) is 5.16 Å². The van der Waals surface area contributed by atoms with E-state index in [1.807, 2.05) is 0 Å². The Balaban J connectivity index is 2.03. The highest BCUT2D eigenvalue weighted by Gasteiger charge is 2.20. The van der Waals surface area contributed by atoms with Crippen LogP contribution in [0.25, 0.3) is 0 Å². The van der Waals surface area contributed by atoms with E-state index in [1.165, 1.54) is 19.5 Å². The molecule has 0 spiro atoms. The van der Waals surface area contributed by atoms with Crippen LogP contribution in [-0.2, 0) is 11.2 Å². The zero-order valence-electron chi connectivity index (χ0n) is 8.86. The first-order chi connectivity index (χ1) is 7.27. The van der Waals surface area contributed by atoms with Crippen LogP contribution in [0.1, 0.15) is 42.3 Å². The minimum atomic E-state index is 0.00191. The Labute approximate surface area is 88.6 Å². The molecule has 82 valence electrons. The maximum atomic E-state index is 11.2.